The summed E-state index contributed by atoms with van der Waals surface area (Å²) in [4.78, 5) is 27.5. The Labute approximate surface area is 180 Å². The lowest BCUT2D eigenvalue weighted by Gasteiger charge is -2.30. The molecule has 0 radical (unpaired) electrons. The van der Waals surface area contributed by atoms with Gasteiger partial charge in [-0.05, 0) is 74.6 Å². The third-order valence-electron chi connectivity index (χ3n) is 6.98. The number of piperidine rings is 1. The lowest BCUT2D eigenvalue weighted by molar-refractivity contribution is -0.117. The van der Waals surface area contributed by atoms with E-state index in [-0.39, 0.29) is 30.3 Å². The van der Waals surface area contributed by atoms with Crippen LogP contribution >= 0.6 is 12.4 Å². The number of halogens is 1. The van der Waals surface area contributed by atoms with Crippen molar-refractivity contribution in [2.24, 2.45) is 11.8 Å². The number of amides is 2. The molecule has 1 aromatic rings. The average molecular weight is 420 g/mol. The van der Waals surface area contributed by atoms with Crippen LogP contribution in [0.4, 0.5) is 5.69 Å². The molecule has 5 nitrogen and oxygen atoms in total. The Balaban J connectivity index is 0.00000240. The minimum Gasteiger partial charge on any atom is -0.339 e. The minimum atomic E-state index is -0.0934. The number of carbonyl (C=O) groups is 2. The molecule has 6 heteroatoms. The van der Waals surface area contributed by atoms with Crippen molar-refractivity contribution < 1.29 is 9.59 Å². The van der Waals surface area contributed by atoms with Crippen molar-refractivity contribution in [3.63, 3.8) is 0 Å². The molecule has 0 aromatic heterocycles. The molecule has 3 atom stereocenters. The molecule has 4 rings (SSSR count). The first kappa shape index (κ1) is 22.1. The maximum atomic E-state index is 12.8. The predicted molar refractivity (Wildman–Crippen MR) is 119 cm³/mol. The Morgan fingerprint density at radius 3 is 2.52 bits per heavy atom. The number of nitrogens with one attached hydrogen (secondary N) is 2. The number of rotatable bonds is 3. The Hall–Kier alpha value is -1.59. The molecule has 29 heavy (non-hydrogen) atoms. The van der Waals surface area contributed by atoms with Crippen molar-refractivity contribution in [2.45, 2.75) is 70.9 Å². The van der Waals surface area contributed by atoms with E-state index in [0.717, 1.165) is 49.2 Å². The number of anilines is 1. The first-order valence-corrected chi connectivity index (χ1v) is 11.0. The van der Waals surface area contributed by atoms with Gasteiger partial charge in [0.05, 0.1) is 6.04 Å². The maximum Gasteiger partial charge on any atom is 0.253 e. The van der Waals surface area contributed by atoms with Crippen molar-refractivity contribution >= 4 is 29.9 Å². The molecule has 1 aromatic carbocycles. The van der Waals surface area contributed by atoms with E-state index in [1.807, 2.05) is 30.0 Å². The normalized spacial score (nSPS) is 27.1. The van der Waals surface area contributed by atoms with Crippen LogP contribution in [0.25, 0.3) is 0 Å². The Morgan fingerprint density at radius 2 is 1.83 bits per heavy atom. The number of hydrogen-bond donors (Lipinski definition) is 2. The van der Waals surface area contributed by atoms with Crippen molar-refractivity contribution in [1.82, 2.24) is 10.2 Å². The van der Waals surface area contributed by atoms with Gasteiger partial charge in [0.15, 0.2) is 0 Å². The van der Waals surface area contributed by atoms with E-state index >= 15 is 0 Å². The minimum absolute atomic E-state index is 0. The predicted octanol–water partition coefficient (Wildman–Crippen LogP) is 4.15. The molecule has 2 heterocycles. The number of aryl methyl sites for hydroxylation is 1. The number of hydrogen-bond acceptors (Lipinski definition) is 3. The number of likely N-dealkylation sites (tertiary alicyclic amines) is 1. The van der Waals surface area contributed by atoms with Gasteiger partial charge in [0, 0.05) is 30.4 Å². The molecular weight excluding hydrogens is 386 g/mol. The molecule has 3 aliphatic rings. The Bertz CT molecular complexity index is 732. The average Bonchev–Trinajstić information content (AvgIpc) is 3.14. The van der Waals surface area contributed by atoms with E-state index in [0.29, 0.717) is 17.9 Å². The summed E-state index contributed by atoms with van der Waals surface area (Å²) in [5.41, 5.74) is 2.47. The summed E-state index contributed by atoms with van der Waals surface area (Å²) in [7, 11) is 0. The van der Waals surface area contributed by atoms with Crippen LogP contribution in [-0.4, -0.2) is 41.9 Å². The lowest BCUT2D eigenvalue weighted by Crippen LogP contribution is -2.40. The fraction of sp³-hybridized carbons (Fsp3) is 0.652. The topological polar surface area (TPSA) is 61.4 Å². The van der Waals surface area contributed by atoms with Gasteiger partial charge in [-0.3, -0.25) is 9.59 Å². The fourth-order valence-electron chi connectivity index (χ4n) is 5.07. The van der Waals surface area contributed by atoms with Gasteiger partial charge in [-0.2, -0.15) is 0 Å². The Morgan fingerprint density at radius 1 is 1.10 bits per heavy atom. The van der Waals surface area contributed by atoms with Crippen LogP contribution in [0.5, 0.6) is 0 Å². The van der Waals surface area contributed by atoms with Crippen molar-refractivity contribution in [3.05, 3.63) is 29.3 Å². The first-order valence-electron chi connectivity index (χ1n) is 11.0. The van der Waals surface area contributed by atoms with E-state index in [2.05, 4.69) is 17.6 Å². The summed E-state index contributed by atoms with van der Waals surface area (Å²) in [5, 5.41) is 6.62. The molecule has 2 aliphatic heterocycles. The molecule has 0 bridgehead atoms. The zero-order valence-corrected chi connectivity index (χ0v) is 18.4. The molecule has 1 aliphatic carbocycles. The first-order chi connectivity index (χ1) is 13.5. The van der Waals surface area contributed by atoms with Gasteiger partial charge in [0.25, 0.3) is 5.91 Å². The largest absolute Gasteiger partial charge is 0.339 e. The lowest BCUT2D eigenvalue weighted by atomic mass is 9.85. The van der Waals surface area contributed by atoms with Gasteiger partial charge in [-0.15, -0.1) is 12.4 Å². The van der Waals surface area contributed by atoms with Crippen LogP contribution in [-0.2, 0) is 4.79 Å². The summed E-state index contributed by atoms with van der Waals surface area (Å²) in [6.45, 7) is 5.89. The van der Waals surface area contributed by atoms with Crippen molar-refractivity contribution in [1.29, 1.82) is 0 Å². The van der Waals surface area contributed by atoms with Crippen LogP contribution in [0, 0.1) is 18.8 Å². The molecular formula is C23H34ClN3O2. The standard InChI is InChI=1S/C23H33N3O2.ClH/c1-15-9-11-26(12-10-15)23(28)18-7-8-19(16(2)13-18)25-22(27)21-14-17-5-3-4-6-20(17)24-21;/h7-8,13,15,17,20-21,24H,3-6,9-12,14H2,1-2H3,(H,25,27);1H. The summed E-state index contributed by atoms with van der Waals surface area (Å²) in [5.74, 6) is 1.52. The highest BCUT2D eigenvalue weighted by Gasteiger charge is 2.38. The quantitative estimate of drug-likeness (QED) is 0.773. The second kappa shape index (κ2) is 9.48. The molecule has 2 amide bonds. The molecule has 1 saturated carbocycles. The van der Waals surface area contributed by atoms with Crippen molar-refractivity contribution in [2.75, 3.05) is 18.4 Å². The highest BCUT2D eigenvalue weighted by atomic mass is 35.5. The highest BCUT2D eigenvalue weighted by molar-refractivity contribution is 5.98. The molecule has 2 saturated heterocycles. The molecule has 160 valence electrons. The van der Waals surface area contributed by atoms with Crippen LogP contribution in [0.2, 0.25) is 0 Å². The molecule has 3 unspecified atom stereocenters. The van der Waals surface area contributed by atoms with E-state index in [1.54, 1.807) is 0 Å². The van der Waals surface area contributed by atoms with Gasteiger partial charge in [0.1, 0.15) is 0 Å². The van der Waals surface area contributed by atoms with E-state index in [9.17, 15) is 9.59 Å². The second-order valence-electron chi connectivity index (χ2n) is 9.10. The van der Waals surface area contributed by atoms with Crippen LogP contribution in [0.15, 0.2) is 18.2 Å². The fourth-order valence-corrected chi connectivity index (χ4v) is 5.07. The van der Waals surface area contributed by atoms with Crippen LogP contribution in [0.3, 0.4) is 0 Å². The summed E-state index contributed by atoms with van der Waals surface area (Å²) in [6, 6.07) is 6.07. The third kappa shape index (κ3) is 4.95. The summed E-state index contributed by atoms with van der Waals surface area (Å²) in [6.07, 6.45) is 8.10. The van der Waals surface area contributed by atoms with Crippen LogP contribution < -0.4 is 10.6 Å². The number of nitrogens with zero attached hydrogens (tertiary/aromatic N) is 1. The molecule has 0 spiro atoms. The molecule has 2 N–H and O–H groups in total. The maximum absolute atomic E-state index is 12.8. The summed E-state index contributed by atoms with van der Waals surface area (Å²) >= 11 is 0. The smallest absolute Gasteiger partial charge is 0.253 e. The van der Waals surface area contributed by atoms with E-state index < -0.39 is 0 Å². The highest BCUT2D eigenvalue weighted by Crippen LogP contribution is 2.33. The second-order valence-corrected chi connectivity index (χ2v) is 9.10. The van der Waals surface area contributed by atoms with Gasteiger partial charge >= 0.3 is 0 Å². The van der Waals surface area contributed by atoms with E-state index in [1.165, 1.54) is 25.7 Å². The van der Waals surface area contributed by atoms with Gasteiger partial charge in [-0.25, -0.2) is 0 Å². The molecule has 3 fully saturated rings. The number of benzene rings is 1. The summed E-state index contributed by atoms with van der Waals surface area (Å²) < 4.78 is 0. The van der Waals surface area contributed by atoms with Crippen LogP contribution in [0.1, 0.15) is 67.8 Å². The number of carbonyl (C=O) groups excluding carboxylic acids is 2. The zero-order chi connectivity index (χ0) is 19.7. The third-order valence-corrected chi connectivity index (χ3v) is 6.98. The van der Waals surface area contributed by atoms with Gasteiger partial charge in [-0.1, -0.05) is 19.8 Å². The monoisotopic (exact) mass is 419 g/mol. The zero-order valence-electron chi connectivity index (χ0n) is 17.6. The van der Waals surface area contributed by atoms with Gasteiger partial charge in [0.2, 0.25) is 5.91 Å². The van der Waals surface area contributed by atoms with Crippen molar-refractivity contribution in [3.8, 4) is 0 Å². The van der Waals surface area contributed by atoms with E-state index in [4.69, 9.17) is 0 Å². The number of fused-ring (bicyclic) bond motifs is 1. The SMILES string of the molecule is Cc1cc(C(=O)N2CCC(C)CC2)ccc1NC(=O)C1CC2CCCCC2N1.Cl. The van der Waals surface area contributed by atoms with Gasteiger partial charge < -0.3 is 15.5 Å². The Kier molecular flexibility index (Phi) is 7.23.